The number of aliphatic hydroxyl groups excluding tert-OH is 1. The highest BCUT2D eigenvalue weighted by atomic mass is 32.2. The number of hydrogen-bond donors (Lipinski definition) is 3. The number of nitrogens with one attached hydrogen (secondary N) is 1. The molecular weight excluding hydrogens is 268 g/mol. The van der Waals surface area contributed by atoms with Crippen molar-refractivity contribution in [3.05, 3.63) is 18.2 Å². The first-order chi connectivity index (χ1) is 8.92. The molecular formula is C12H18N2O4S. The lowest BCUT2D eigenvalue weighted by Gasteiger charge is -2.31. The van der Waals surface area contributed by atoms with Gasteiger partial charge in [0.25, 0.3) is 0 Å². The van der Waals surface area contributed by atoms with Crippen LogP contribution in [-0.4, -0.2) is 33.3 Å². The third kappa shape index (κ3) is 3.17. The molecule has 1 aromatic carbocycles. The van der Waals surface area contributed by atoms with Crippen LogP contribution in [0.2, 0.25) is 0 Å². The summed E-state index contributed by atoms with van der Waals surface area (Å²) in [4.78, 5) is 0.0732. The van der Waals surface area contributed by atoms with Crippen molar-refractivity contribution in [3.63, 3.8) is 0 Å². The smallest absolute Gasteiger partial charge is 0.244 e. The SMILES string of the molecule is COc1cc(N)ccc1S(=O)(=O)NCC1CC(O)C1. The number of ether oxygens (including phenoxy) is 1. The van der Waals surface area contributed by atoms with E-state index in [0.717, 1.165) is 0 Å². The largest absolute Gasteiger partial charge is 0.495 e. The average Bonchev–Trinajstić information content (AvgIpc) is 2.32. The number of methoxy groups -OCH3 is 1. The highest BCUT2D eigenvalue weighted by Gasteiger charge is 2.29. The second kappa shape index (κ2) is 5.36. The van der Waals surface area contributed by atoms with Crippen molar-refractivity contribution in [1.29, 1.82) is 0 Å². The topological polar surface area (TPSA) is 102 Å². The molecule has 19 heavy (non-hydrogen) atoms. The van der Waals surface area contributed by atoms with Gasteiger partial charge in [0.05, 0.1) is 13.2 Å². The third-order valence-corrected chi connectivity index (χ3v) is 4.71. The molecule has 1 aliphatic carbocycles. The second-order valence-electron chi connectivity index (χ2n) is 4.75. The van der Waals surface area contributed by atoms with Crippen LogP contribution in [0.3, 0.4) is 0 Å². The van der Waals surface area contributed by atoms with E-state index in [0.29, 0.717) is 25.1 Å². The standard InChI is InChI=1S/C12H18N2O4S/c1-18-11-6-9(13)2-3-12(11)19(16,17)14-7-8-4-10(15)5-8/h2-3,6,8,10,14-15H,4-5,7,13H2,1H3. The number of hydrogen-bond acceptors (Lipinski definition) is 5. The van der Waals surface area contributed by atoms with Gasteiger partial charge in [-0.15, -0.1) is 0 Å². The molecule has 0 unspecified atom stereocenters. The summed E-state index contributed by atoms with van der Waals surface area (Å²) in [5.41, 5.74) is 6.03. The normalized spacial score (nSPS) is 22.8. The van der Waals surface area contributed by atoms with Crippen LogP contribution in [-0.2, 0) is 10.0 Å². The summed E-state index contributed by atoms with van der Waals surface area (Å²) in [5, 5.41) is 9.17. The molecule has 0 saturated heterocycles. The Labute approximate surface area is 112 Å². The van der Waals surface area contributed by atoms with Crippen LogP contribution >= 0.6 is 0 Å². The van der Waals surface area contributed by atoms with Gasteiger partial charge in [-0.1, -0.05) is 0 Å². The van der Waals surface area contributed by atoms with E-state index in [2.05, 4.69) is 4.72 Å². The second-order valence-corrected chi connectivity index (χ2v) is 6.49. The number of rotatable bonds is 5. The first kappa shape index (κ1) is 14.1. The zero-order chi connectivity index (χ0) is 14.0. The van der Waals surface area contributed by atoms with E-state index in [9.17, 15) is 8.42 Å². The number of sulfonamides is 1. The average molecular weight is 286 g/mol. The van der Waals surface area contributed by atoms with Gasteiger partial charge in [-0.25, -0.2) is 13.1 Å². The van der Waals surface area contributed by atoms with Crippen LogP contribution in [0.4, 0.5) is 5.69 Å². The van der Waals surface area contributed by atoms with Gasteiger partial charge in [-0.2, -0.15) is 0 Å². The van der Waals surface area contributed by atoms with Gasteiger partial charge in [0.15, 0.2) is 0 Å². The summed E-state index contributed by atoms with van der Waals surface area (Å²) < 4.78 is 31.9. The first-order valence-electron chi connectivity index (χ1n) is 6.03. The molecule has 0 atom stereocenters. The zero-order valence-corrected chi connectivity index (χ0v) is 11.5. The molecule has 0 amide bonds. The van der Waals surface area contributed by atoms with Crippen molar-refractivity contribution in [1.82, 2.24) is 4.72 Å². The van der Waals surface area contributed by atoms with Gasteiger partial charge in [0.2, 0.25) is 10.0 Å². The fourth-order valence-corrected chi connectivity index (χ4v) is 3.34. The van der Waals surface area contributed by atoms with Crippen LogP contribution < -0.4 is 15.2 Å². The molecule has 6 nitrogen and oxygen atoms in total. The summed E-state index contributed by atoms with van der Waals surface area (Å²) in [6.07, 6.45) is 0.989. The van der Waals surface area contributed by atoms with Gasteiger partial charge in [-0.05, 0) is 30.9 Å². The Kier molecular flexibility index (Phi) is 3.98. The molecule has 0 bridgehead atoms. The van der Waals surface area contributed by atoms with Crippen molar-refractivity contribution < 1.29 is 18.3 Å². The molecule has 0 aromatic heterocycles. The minimum Gasteiger partial charge on any atom is -0.495 e. The van der Waals surface area contributed by atoms with Gasteiger partial charge in [-0.3, -0.25) is 0 Å². The Hall–Kier alpha value is -1.31. The molecule has 1 aliphatic rings. The van der Waals surface area contributed by atoms with E-state index in [1.807, 2.05) is 0 Å². The lowest BCUT2D eigenvalue weighted by atomic mass is 9.83. The maximum atomic E-state index is 12.2. The van der Waals surface area contributed by atoms with E-state index in [1.54, 1.807) is 0 Å². The van der Waals surface area contributed by atoms with E-state index >= 15 is 0 Å². The summed E-state index contributed by atoms with van der Waals surface area (Å²) in [6, 6.07) is 4.41. The molecule has 106 valence electrons. The Morgan fingerprint density at radius 2 is 2.16 bits per heavy atom. The Morgan fingerprint density at radius 3 is 2.74 bits per heavy atom. The number of nitrogen functional groups attached to an aromatic ring is 1. The lowest BCUT2D eigenvalue weighted by Crippen LogP contribution is -2.38. The van der Waals surface area contributed by atoms with Crippen molar-refractivity contribution in [2.75, 3.05) is 19.4 Å². The van der Waals surface area contributed by atoms with Crippen molar-refractivity contribution in [2.45, 2.75) is 23.8 Å². The summed E-state index contributed by atoms with van der Waals surface area (Å²) >= 11 is 0. The molecule has 7 heteroatoms. The first-order valence-corrected chi connectivity index (χ1v) is 7.52. The van der Waals surface area contributed by atoms with Gasteiger partial charge < -0.3 is 15.6 Å². The van der Waals surface area contributed by atoms with Crippen LogP contribution in [0, 0.1) is 5.92 Å². The number of benzene rings is 1. The Morgan fingerprint density at radius 1 is 1.47 bits per heavy atom. The molecule has 0 radical (unpaired) electrons. The van der Waals surface area contributed by atoms with Crippen LogP contribution in [0.5, 0.6) is 5.75 Å². The van der Waals surface area contributed by atoms with Crippen molar-refractivity contribution in [2.24, 2.45) is 5.92 Å². The Balaban J connectivity index is 2.10. The molecule has 1 fully saturated rings. The molecule has 0 aliphatic heterocycles. The van der Waals surface area contributed by atoms with Gasteiger partial charge in [0, 0.05) is 18.3 Å². The van der Waals surface area contributed by atoms with Crippen LogP contribution in [0.1, 0.15) is 12.8 Å². The third-order valence-electron chi connectivity index (χ3n) is 3.25. The fourth-order valence-electron chi connectivity index (χ4n) is 2.08. The van der Waals surface area contributed by atoms with Crippen molar-refractivity contribution >= 4 is 15.7 Å². The number of nitrogens with two attached hydrogens (primary N) is 1. The van der Waals surface area contributed by atoms with E-state index in [1.165, 1.54) is 25.3 Å². The summed E-state index contributed by atoms with van der Waals surface area (Å²) in [7, 11) is -2.22. The predicted molar refractivity (Wildman–Crippen MR) is 71.3 cm³/mol. The quantitative estimate of drug-likeness (QED) is 0.677. The highest BCUT2D eigenvalue weighted by molar-refractivity contribution is 7.89. The number of anilines is 1. The fraction of sp³-hybridized carbons (Fsp3) is 0.500. The molecule has 4 N–H and O–H groups in total. The van der Waals surface area contributed by atoms with Gasteiger partial charge >= 0.3 is 0 Å². The van der Waals surface area contributed by atoms with Gasteiger partial charge in [0.1, 0.15) is 10.6 Å². The highest BCUT2D eigenvalue weighted by Crippen LogP contribution is 2.28. The summed E-state index contributed by atoms with van der Waals surface area (Å²) in [6.45, 7) is 0.326. The zero-order valence-electron chi connectivity index (χ0n) is 10.7. The van der Waals surface area contributed by atoms with E-state index in [-0.39, 0.29) is 22.7 Å². The van der Waals surface area contributed by atoms with Crippen LogP contribution in [0.15, 0.2) is 23.1 Å². The summed E-state index contributed by atoms with van der Waals surface area (Å²) in [5.74, 6) is 0.422. The molecule has 0 spiro atoms. The van der Waals surface area contributed by atoms with E-state index in [4.69, 9.17) is 15.6 Å². The molecule has 2 rings (SSSR count). The minimum absolute atomic E-state index is 0.0732. The minimum atomic E-state index is -3.62. The lowest BCUT2D eigenvalue weighted by molar-refractivity contribution is 0.0453. The monoisotopic (exact) mass is 286 g/mol. The maximum absolute atomic E-state index is 12.2. The maximum Gasteiger partial charge on any atom is 0.244 e. The van der Waals surface area contributed by atoms with Crippen molar-refractivity contribution in [3.8, 4) is 5.75 Å². The predicted octanol–water partition coefficient (Wildman–Crippen LogP) is 0.327. The molecule has 0 heterocycles. The van der Waals surface area contributed by atoms with E-state index < -0.39 is 10.0 Å². The number of aliphatic hydroxyl groups is 1. The van der Waals surface area contributed by atoms with Crippen LogP contribution in [0.25, 0.3) is 0 Å². The molecule has 1 saturated carbocycles. The molecule has 1 aromatic rings. The Bertz CT molecular complexity index is 553.